The van der Waals surface area contributed by atoms with Gasteiger partial charge in [-0.25, -0.2) is 4.68 Å². The van der Waals surface area contributed by atoms with Crippen molar-refractivity contribution in [2.45, 2.75) is 6.92 Å². The van der Waals surface area contributed by atoms with Gasteiger partial charge in [-0.1, -0.05) is 17.7 Å². The predicted molar refractivity (Wildman–Crippen MR) is 73.1 cm³/mol. The van der Waals surface area contributed by atoms with Crippen molar-refractivity contribution in [3.8, 4) is 11.8 Å². The van der Waals surface area contributed by atoms with E-state index in [1.807, 2.05) is 19.1 Å². The largest absolute Gasteiger partial charge is 0.483 e. The minimum atomic E-state index is 0.371. The molecule has 19 heavy (non-hydrogen) atoms. The van der Waals surface area contributed by atoms with Crippen molar-refractivity contribution in [3.63, 3.8) is 0 Å². The van der Waals surface area contributed by atoms with Gasteiger partial charge in [0.05, 0.1) is 18.5 Å². The number of hydrogen-bond donors (Lipinski definition) is 0. The van der Waals surface area contributed by atoms with E-state index in [-0.39, 0.29) is 0 Å². The molecule has 0 aliphatic carbocycles. The molecule has 0 aliphatic heterocycles. The van der Waals surface area contributed by atoms with E-state index in [4.69, 9.17) is 21.6 Å². The summed E-state index contributed by atoms with van der Waals surface area (Å²) in [6.07, 6.45) is 2.76. The lowest BCUT2D eigenvalue weighted by atomic mass is 10.3. The number of benzene rings is 1. The fourth-order valence-electron chi connectivity index (χ4n) is 1.50. The van der Waals surface area contributed by atoms with E-state index >= 15 is 0 Å². The lowest BCUT2D eigenvalue weighted by molar-refractivity contribution is 0.343. The zero-order chi connectivity index (χ0) is 13.7. The fraction of sp³-hybridized carbons (Fsp3) is 0.154. The van der Waals surface area contributed by atoms with Crippen LogP contribution in [0.2, 0.25) is 5.02 Å². The van der Waals surface area contributed by atoms with Crippen LogP contribution in [0.3, 0.4) is 0 Å². The molecule has 0 saturated heterocycles. The van der Waals surface area contributed by atoms with Gasteiger partial charge in [0, 0.05) is 5.02 Å². The zero-order valence-electron chi connectivity index (χ0n) is 10.2. The van der Waals surface area contributed by atoms with Gasteiger partial charge >= 0.3 is 0 Å². The Hall–Kier alpha value is -2.32. The number of ether oxygens (including phenoxy) is 1. The van der Waals surface area contributed by atoms with Crippen molar-refractivity contribution in [2.75, 3.05) is 6.61 Å². The molecule has 0 unspecified atom stereocenters. The lowest BCUT2D eigenvalue weighted by Gasteiger charge is -2.04. The molecule has 0 N–H and O–H groups in total. The topological polar surface area (TPSA) is 63.2 Å². The van der Waals surface area contributed by atoms with Gasteiger partial charge in [-0.3, -0.25) is 0 Å². The number of nitrogens with zero attached hydrogens (tertiary/aromatic N) is 4. The van der Waals surface area contributed by atoms with Gasteiger partial charge in [0.2, 0.25) is 0 Å². The second-order valence-electron chi connectivity index (χ2n) is 3.58. The SMILES string of the molecule is CCOC=Nc1c(C#N)cnn1-c1cccc(Cl)c1. The smallest absolute Gasteiger partial charge is 0.176 e. The molecule has 0 amide bonds. The summed E-state index contributed by atoms with van der Waals surface area (Å²) in [5, 5.41) is 13.8. The molecule has 2 rings (SSSR count). The molecule has 6 heteroatoms. The molecule has 1 aromatic carbocycles. The number of rotatable bonds is 4. The summed E-state index contributed by atoms with van der Waals surface area (Å²) in [4.78, 5) is 4.12. The summed E-state index contributed by atoms with van der Waals surface area (Å²) in [6.45, 7) is 2.36. The molecule has 2 aromatic rings. The molecule has 96 valence electrons. The Bertz CT molecular complexity index is 642. The Morgan fingerprint density at radius 1 is 1.58 bits per heavy atom. The minimum Gasteiger partial charge on any atom is -0.483 e. The van der Waals surface area contributed by atoms with Crippen molar-refractivity contribution in [3.05, 3.63) is 41.0 Å². The zero-order valence-corrected chi connectivity index (χ0v) is 11.0. The average molecular weight is 275 g/mol. The Morgan fingerprint density at radius 3 is 3.11 bits per heavy atom. The van der Waals surface area contributed by atoms with E-state index in [0.29, 0.717) is 23.0 Å². The van der Waals surface area contributed by atoms with Crippen molar-refractivity contribution in [1.82, 2.24) is 9.78 Å². The molecular weight excluding hydrogens is 264 g/mol. The van der Waals surface area contributed by atoms with Gasteiger partial charge in [-0.05, 0) is 25.1 Å². The number of nitriles is 1. The second-order valence-corrected chi connectivity index (χ2v) is 4.01. The van der Waals surface area contributed by atoms with E-state index < -0.39 is 0 Å². The monoisotopic (exact) mass is 274 g/mol. The molecule has 0 fully saturated rings. The molecule has 1 heterocycles. The summed E-state index contributed by atoms with van der Waals surface area (Å²) in [5.41, 5.74) is 1.11. The number of hydrogen-bond acceptors (Lipinski definition) is 4. The summed E-state index contributed by atoms with van der Waals surface area (Å²) in [7, 11) is 0. The summed E-state index contributed by atoms with van der Waals surface area (Å²) in [6, 6.07) is 9.19. The van der Waals surface area contributed by atoms with Crippen molar-refractivity contribution >= 4 is 23.8 Å². The first-order chi connectivity index (χ1) is 9.26. The van der Waals surface area contributed by atoms with Crippen LogP contribution in [-0.4, -0.2) is 22.8 Å². The molecule has 0 saturated carbocycles. The van der Waals surface area contributed by atoms with E-state index in [1.54, 1.807) is 22.9 Å². The first kappa shape index (κ1) is 13.1. The first-order valence-corrected chi connectivity index (χ1v) is 6.02. The van der Waals surface area contributed by atoms with Gasteiger partial charge < -0.3 is 4.74 Å². The Morgan fingerprint density at radius 2 is 2.42 bits per heavy atom. The van der Waals surface area contributed by atoms with Gasteiger partial charge in [0.1, 0.15) is 11.6 Å². The Kier molecular flexibility index (Phi) is 4.16. The van der Waals surface area contributed by atoms with Crippen LogP contribution >= 0.6 is 11.6 Å². The maximum Gasteiger partial charge on any atom is 0.176 e. The maximum atomic E-state index is 9.05. The molecule has 0 bridgehead atoms. The highest BCUT2D eigenvalue weighted by atomic mass is 35.5. The van der Waals surface area contributed by atoms with E-state index in [2.05, 4.69) is 10.1 Å². The molecule has 5 nitrogen and oxygen atoms in total. The maximum absolute atomic E-state index is 9.05. The Balaban J connectivity index is 2.46. The quantitative estimate of drug-likeness (QED) is 0.636. The van der Waals surface area contributed by atoms with Crippen molar-refractivity contribution in [1.29, 1.82) is 5.26 Å². The number of halogens is 1. The van der Waals surface area contributed by atoms with Crippen molar-refractivity contribution in [2.24, 2.45) is 4.99 Å². The average Bonchev–Trinajstić information content (AvgIpc) is 2.82. The van der Waals surface area contributed by atoms with Crippen LogP contribution in [0.15, 0.2) is 35.5 Å². The standard InChI is InChI=1S/C13H11ClN4O/c1-2-19-9-16-13-10(7-15)8-17-18(13)12-5-3-4-11(14)6-12/h3-6,8-9H,2H2,1H3. The summed E-state index contributed by atoms with van der Waals surface area (Å²) in [5.74, 6) is 0.415. The van der Waals surface area contributed by atoms with Crippen LogP contribution in [-0.2, 0) is 4.74 Å². The molecule has 0 atom stereocenters. The van der Waals surface area contributed by atoms with Crippen LogP contribution < -0.4 is 0 Å². The molecular formula is C13H11ClN4O. The highest BCUT2D eigenvalue weighted by Gasteiger charge is 2.11. The lowest BCUT2D eigenvalue weighted by Crippen LogP contribution is -1.96. The molecule has 0 spiro atoms. The molecule has 0 radical (unpaired) electrons. The van der Waals surface area contributed by atoms with Gasteiger partial charge in [-0.2, -0.15) is 15.4 Å². The van der Waals surface area contributed by atoms with Crippen molar-refractivity contribution < 1.29 is 4.74 Å². The van der Waals surface area contributed by atoms with E-state index in [0.717, 1.165) is 5.69 Å². The first-order valence-electron chi connectivity index (χ1n) is 5.64. The van der Waals surface area contributed by atoms with Gasteiger partial charge in [0.15, 0.2) is 12.2 Å². The third-order valence-electron chi connectivity index (χ3n) is 2.33. The highest BCUT2D eigenvalue weighted by Crippen LogP contribution is 2.23. The highest BCUT2D eigenvalue weighted by molar-refractivity contribution is 6.30. The minimum absolute atomic E-state index is 0.371. The molecule has 1 aromatic heterocycles. The Labute approximate surface area is 115 Å². The third-order valence-corrected chi connectivity index (χ3v) is 2.57. The van der Waals surface area contributed by atoms with Gasteiger partial charge in [-0.15, -0.1) is 0 Å². The van der Waals surface area contributed by atoms with E-state index in [1.165, 1.54) is 12.6 Å². The summed E-state index contributed by atoms with van der Waals surface area (Å²) >= 11 is 5.95. The fourth-order valence-corrected chi connectivity index (χ4v) is 1.69. The van der Waals surface area contributed by atoms with Crippen LogP contribution in [0, 0.1) is 11.3 Å². The number of aliphatic imine (C=N–C) groups is 1. The summed E-state index contributed by atoms with van der Waals surface area (Å²) < 4.78 is 6.59. The second kappa shape index (κ2) is 6.03. The number of aromatic nitrogens is 2. The molecule has 0 aliphatic rings. The van der Waals surface area contributed by atoms with Crippen LogP contribution in [0.4, 0.5) is 5.82 Å². The van der Waals surface area contributed by atoms with E-state index in [9.17, 15) is 0 Å². The predicted octanol–water partition coefficient (Wildman–Crippen LogP) is 3.09. The van der Waals surface area contributed by atoms with Crippen LogP contribution in [0.1, 0.15) is 12.5 Å². The van der Waals surface area contributed by atoms with Crippen LogP contribution in [0.5, 0.6) is 0 Å². The van der Waals surface area contributed by atoms with Gasteiger partial charge in [0.25, 0.3) is 0 Å². The normalized spacial score (nSPS) is 10.6. The third kappa shape index (κ3) is 2.92. The van der Waals surface area contributed by atoms with Crippen LogP contribution in [0.25, 0.3) is 5.69 Å².